The van der Waals surface area contributed by atoms with Gasteiger partial charge >= 0.3 is 0 Å². The van der Waals surface area contributed by atoms with E-state index in [1.165, 1.54) is 12.4 Å². The van der Waals surface area contributed by atoms with Gasteiger partial charge in [0.2, 0.25) is 0 Å². The van der Waals surface area contributed by atoms with Crippen molar-refractivity contribution >= 4 is 11.8 Å². The van der Waals surface area contributed by atoms with Crippen molar-refractivity contribution in [1.82, 2.24) is 15.2 Å². The average Bonchev–Trinajstić information content (AvgIpc) is 2.69. The number of hydrogen-bond acceptors (Lipinski definition) is 3. The first-order valence-electron chi connectivity index (χ1n) is 9.22. The Morgan fingerprint density at radius 3 is 2.46 bits per heavy atom. The van der Waals surface area contributed by atoms with Crippen molar-refractivity contribution in [2.45, 2.75) is 39.7 Å². The van der Waals surface area contributed by atoms with Crippen molar-refractivity contribution in [2.75, 3.05) is 13.1 Å². The van der Waals surface area contributed by atoms with E-state index in [1.54, 1.807) is 11.0 Å². The predicted molar refractivity (Wildman–Crippen MR) is 103 cm³/mol. The minimum atomic E-state index is -0.186. The summed E-state index contributed by atoms with van der Waals surface area (Å²) in [5.74, 6) is -0.307. The third-order valence-corrected chi connectivity index (χ3v) is 4.20. The molecular weight excluding hydrogens is 326 g/mol. The van der Waals surface area contributed by atoms with Crippen molar-refractivity contribution in [3.05, 3.63) is 65.5 Å². The first-order valence-corrected chi connectivity index (χ1v) is 9.22. The SMILES string of the molecule is CCCCCNC(=O)c1cncc(C(=O)N(CC)Cc2ccccc2)c1. The van der Waals surface area contributed by atoms with Gasteiger partial charge in [-0.2, -0.15) is 0 Å². The summed E-state index contributed by atoms with van der Waals surface area (Å²) in [5.41, 5.74) is 1.92. The summed E-state index contributed by atoms with van der Waals surface area (Å²) in [4.78, 5) is 30.9. The number of hydrogen-bond donors (Lipinski definition) is 1. The Morgan fingerprint density at radius 1 is 1.04 bits per heavy atom. The molecular formula is C21H27N3O2. The smallest absolute Gasteiger partial charge is 0.255 e. The minimum Gasteiger partial charge on any atom is -0.352 e. The van der Waals surface area contributed by atoms with Gasteiger partial charge in [-0.15, -0.1) is 0 Å². The quantitative estimate of drug-likeness (QED) is 0.700. The highest BCUT2D eigenvalue weighted by molar-refractivity contribution is 5.99. The van der Waals surface area contributed by atoms with Gasteiger partial charge in [0, 0.05) is 32.0 Å². The molecule has 0 fully saturated rings. The van der Waals surface area contributed by atoms with Crippen molar-refractivity contribution < 1.29 is 9.59 Å². The molecule has 0 aliphatic rings. The topological polar surface area (TPSA) is 62.3 Å². The highest BCUT2D eigenvalue weighted by Gasteiger charge is 2.17. The zero-order valence-corrected chi connectivity index (χ0v) is 15.6. The van der Waals surface area contributed by atoms with Crippen LogP contribution < -0.4 is 5.32 Å². The summed E-state index contributed by atoms with van der Waals surface area (Å²) >= 11 is 0. The molecule has 26 heavy (non-hydrogen) atoms. The maximum Gasteiger partial charge on any atom is 0.255 e. The molecule has 2 amide bonds. The Morgan fingerprint density at radius 2 is 1.77 bits per heavy atom. The molecule has 1 aromatic heterocycles. The van der Waals surface area contributed by atoms with Gasteiger partial charge in [0.25, 0.3) is 11.8 Å². The molecule has 0 radical (unpaired) electrons. The van der Waals surface area contributed by atoms with E-state index >= 15 is 0 Å². The summed E-state index contributed by atoms with van der Waals surface area (Å²) < 4.78 is 0. The van der Waals surface area contributed by atoms with Crippen molar-refractivity contribution in [3.8, 4) is 0 Å². The number of aromatic nitrogens is 1. The van der Waals surface area contributed by atoms with Crippen LogP contribution >= 0.6 is 0 Å². The number of nitrogens with one attached hydrogen (secondary N) is 1. The lowest BCUT2D eigenvalue weighted by Gasteiger charge is -2.21. The molecule has 5 heteroatoms. The highest BCUT2D eigenvalue weighted by Crippen LogP contribution is 2.11. The van der Waals surface area contributed by atoms with E-state index in [4.69, 9.17) is 0 Å². The van der Waals surface area contributed by atoms with E-state index in [0.717, 1.165) is 24.8 Å². The van der Waals surface area contributed by atoms with Crippen LogP contribution in [-0.4, -0.2) is 34.8 Å². The molecule has 0 saturated heterocycles. The van der Waals surface area contributed by atoms with Crippen LogP contribution in [0.15, 0.2) is 48.8 Å². The number of rotatable bonds is 9. The number of unbranched alkanes of at least 4 members (excludes halogenated alkanes) is 2. The van der Waals surface area contributed by atoms with Gasteiger partial charge in [-0.05, 0) is 25.0 Å². The first kappa shape index (κ1) is 19.6. The number of benzene rings is 1. The first-order chi connectivity index (χ1) is 12.7. The lowest BCUT2D eigenvalue weighted by atomic mass is 10.1. The molecule has 0 aliphatic carbocycles. The van der Waals surface area contributed by atoms with Crippen molar-refractivity contribution in [3.63, 3.8) is 0 Å². The number of nitrogens with zero attached hydrogens (tertiary/aromatic N) is 2. The van der Waals surface area contributed by atoms with Crippen LogP contribution in [0.1, 0.15) is 59.4 Å². The Labute approximate surface area is 155 Å². The lowest BCUT2D eigenvalue weighted by molar-refractivity contribution is 0.0752. The number of carbonyl (C=O) groups is 2. The Hall–Kier alpha value is -2.69. The van der Waals surface area contributed by atoms with Crippen LogP contribution in [-0.2, 0) is 6.54 Å². The largest absolute Gasteiger partial charge is 0.352 e. The minimum absolute atomic E-state index is 0.121. The second-order valence-corrected chi connectivity index (χ2v) is 6.23. The molecule has 138 valence electrons. The van der Waals surface area contributed by atoms with E-state index in [9.17, 15) is 9.59 Å². The molecule has 0 aliphatic heterocycles. The lowest BCUT2D eigenvalue weighted by Crippen LogP contribution is -2.31. The molecule has 5 nitrogen and oxygen atoms in total. The van der Waals surface area contributed by atoms with Gasteiger partial charge in [0.15, 0.2) is 0 Å². The monoisotopic (exact) mass is 353 g/mol. The number of pyridine rings is 1. The van der Waals surface area contributed by atoms with Crippen LogP contribution in [0.5, 0.6) is 0 Å². The molecule has 0 spiro atoms. The molecule has 0 saturated carbocycles. The molecule has 1 N–H and O–H groups in total. The third-order valence-electron chi connectivity index (χ3n) is 4.20. The van der Waals surface area contributed by atoms with Crippen LogP contribution in [0, 0.1) is 0 Å². The van der Waals surface area contributed by atoms with E-state index < -0.39 is 0 Å². The zero-order valence-electron chi connectivity index (χ0n) is 15.6. The van der Waals surface area contributed by atoms with Gasteiger partial charge in [0.05, 0.1) is 11.1 Å². The fourth-order valence-corrected chi connectivity index (χ4v) is 2.67. The van der Waals surface area contributed by atoms with Crippen molar-refractivity contribution in [1.29, 1.82) is 0 Å². The third kappa shape index (κ3) is 5.69. The molecule has 1 heterocycles. The molecule has 0 unspecified atom stereocenters. The van der Waals surface area contributed by atoms with Crippen LogP contribution in [0.2, 0.25) is 0 Å². The van der Waals surface area contributed by atoms with Gasteiger partial charge in [-0.1, -0.05) is 50.1 Å². The molecule has 1 aromatic carbocycles. The second kappa shape index (κ2) is 10.3. The molecule has 2 aromatic rings. The maximum absolute atomic E-state index is 12.8. The zero-order chi connectivity index (χ0) is 18.8. The normalized spacial score (nSPS) is 10.4. The summed E-state index contributed by atoms with van der Waals surface area (Å²) in [6.07, 6.45) is 6.16. The second-order valence-electron chi connectivity index (χ2n) is 6.23. The van der Waals surface area contributed by atoms with E-state index in [1.807, 2.05) is 37.3 Å². The van der Waals surface area contributed by atoms with Gasteiger partial charge in [-0.3, -0.25) is 14.6 Å². The Bertz CT molecular complexity index is 716. The number of carbonyl (C=O) groups excluding carboxylic acids is 2. The highest BCUT2D eigenvalue weighted by atomic mass is 16.2. The molecule has 2 rings (SSSR count). The summed E-state index contributed by atoms with van der Waals surface area (Å²) in [5, 5.41) is 2.88. The van der Waals surface area contributed by atoms with E-state index in [0.29, 0.717) is 30.8 Å². The van der Waals surface area contributed by atoms with Gasteiger partial charge in [-0.25, -0.2) is 0 Å². The van der Waals surface area contributed by atoms with Gasteiger partial charge < -0.3 is 10.2 Å². The maximum atomic E-state index is 12.8. The standard InChI is InChI=1S/C21H27N3O2/c1-3-5-9-12-23-20(25)18-13-19(15-22-14-18)21(26)24(4-2)16-17-10-7-6-8-11-17/h6-8,10-11,13-15H,3-5,9,12,16H2,1-2H3,(H,23,25). The average molecular weight is 353 g/mol. The van der Waals surface area contributed by atoms with E-state index in [-0.39, 0.29) is 11.8 Å². The van der Waals surface area contributed by atoms with Crippen molar-refractivity contribution in [2.24, 2.45) is 0 Å². The Kier molecular flexibility index (Phi) is 7.80. The van der Waals surface area contributed by atoms with E-state index in [2.05, 4.69) is 17.2 Å². The van der Waals surface area contributed by atoms with Crippen LogP contribution in [0.25, 0.3) is 0 Å². The number of amides is 2. The predicted octanol–water partition coefficient (Wildman–Crippen LogP) is 3.66. The summed E-state index contributed by atoms with van der Waals surface area (Å²) in [6.45, 7) is 5.82. The van der Waals surface area contributed by atoms with Gasteiger partial charge in [0.1, 0.15) is 0 Å². The summed E-state index contributed by atoms with van der Waals surface area (Å²) in [7, 11) is 0. The van der Waals surface area contributed by atoms with Crippen LogP contribution in [0.3, 0.4) is 0 Å². The van der Waals surface area contributed by atoms with Crippen LogP contribution in [0.4, 0.5) is 0 Å². The molecule has 0 atom stereocenters. The molecule has 0 bridgehead atoms. The fourth-order valence-electron chi connectivity index (χ4n) is 2.67. The summed E-state index contributed by atoms with van der Waals surface area (Å²) in [6, 6.07) is 11.5. The Balaban J connectivity index is 2.04. The fraction of sp³-hybridized carbons (Fsp3) is 0.381.